The molecule has 90 valence electrons. The zero-order chi connectivity index (χ0) is 12.1. The lowest BCUT2D eigenvalue weighted by molar-refractivity contribution is 0.626. The molecule has 1 aromatic heterocycles. The number of rotatable bonds is 5. The highest BCUT2D eigenvalue weighted by Gasteiger charge is 1.98. The quantitative estimate of drug-likeness (QED) is 0.825. The first-order valence-electron chi connectivity index (χ1n) is 5.60. The summed E-state index contributed by atoms with van der Waals surface area (Å²) in [6, 6.07) is 6.65. The van der Waals surface area contributed by atoms with Crippen molar-refractivity contribution in [2.75, 3.05) is 6.54 Å². The number of halogens is 1. The van der Waals surface area contributed by atoms with Crippen LogP contribution in [0.15, 0.2) is 30.5 Å². The summed E-state index contributed by atoms with van der Waals surface area (Å²) in [6.07, 6.45) is 2.80. The monoisotopic (exact) mass is 250 g/mol. The first-order chi connectivity index (χ1) is 8.24. The number of hydrogen-bond donors (Lipinski definition) is 1. The Kier molecular flexibility index (Phi) is 4.23. The van der Waals surface area contributed by atoms with E-state index in [9.17, 15) is 4.39 Å². The molecule has 0 atom stereocenters. The van der Waals surface area contributed by atoms with Gasteiger partial charge in [0.1, 0.15) is 10.8 Å². The lowest BCUT2D eigenvalue weighted by Crippen LogP contribution is -2.16. The van der Waals surface area contributed by atoms with Crippen LogP contribution in [-0.4, -0.2) is 11.5 Å². The van der Waals surface area contributed by atoms with E-state index < -0.39 is 0 Å². The van der Waals surface area contributed by atoms with Gasteiger partial charge in [0.05, 0.1) is 0 Å². The van der Waals surface area contributed by atoms with Gasteiger partial charge in [-0.25, -0.2) is 9.37 Å². The van der Waals surface area contributed by atoms with Crippen molar-refractivity contribution in [3.8, 4) is 0 Å². The van der Waals surface area contributed by atoms with Crippen LogP contribution in [0, 0.1) is 12.7 Å². The summed E-state index contributed by atoms with van der Waals surface area (Å²) < 4.78 is 12.7. The van der Waals surface area contributed by atoms with E-state index >= 15 is 0 Å². The van der Waals surface area contributed by atoms with Crippen LogP contribution >= 0.6 is 11.3 Å². The van der Waals surface area contributed by atoms with Crippen LogP contribution in [0.2, 0.25) is 0 Å². The average molecular weight is 250 g/mol. The smallest absolute Gasteiger partial charge is 0.123 e. The molecule has 2 nitrogen and oxygen atoms in total. The van der Waals surface area contributed by atoms with Gasteiger partial charge in [-0.15, -0.1) is 11.3 Å². The van der Waals surface area contributed by atoms with Crippen LogP contribution in [0.25, 0.3) is 0 Å². The van der Waals surface area contributed by atoms with Crippen molar-refractivity contribution in [3.05, 3.63) is 51.7 Å². The predicted molar refractivity (Wildman–Crippen MR) is 68.7 cm³/mol. The lowest BCUT2D eigenvalue weighted by Gasteiger charge is -2.02. The molecule has 1 N–H and O–H groups in total. The molecule has 0 unspecified atom stereocenters. The van der Waals surface area contributed by atoms with Crippen molar-refractivity contribution in [2.24, 2.45) is 0 Å². The summed E-state index contributed by atoms with van der Waals surface area (Å²) in [7, 11) is 0. The van der Waals surface area contributed by atoms with Crippen molar-refractivity contribution in [3.63, 3.8) is 0 Å². The second kappa shape index (κ2) is 5.89. The molecule has 0 fully saturated rings. The molecule has 2 rings (SSSR count). The summed E-state index contributed by atoms with van der Waals surface area (Å²) in [4.78, 5) is 5.51. The van der Waals surface area contributed by atoms with Gasteiger partial charge < -0.3 is 5.32 Å². The molecule has 1 heterocycles. The van der Waals surface area contributed by atoms with Crippen LogP contribution < -0.4 is 5.32 Å². The summed E-state index contributed by atoms with van der Waals surface area (Å²) in [5, 5.41) is 4.44. The molecular weight excluding hydrogens is 235 g/mol. The molecule has 0 amide bonds. The third kappa shape index (κ3) is 3.91. The number of aryl methyl sites for hydroxylation is 1. The predicted octanol–water partition coefficient (Wildman–Crippen LogP) is 2.92. The minimum atomic E-state index is -0.181. The van der Waals surface area contributed by atoms with Crippen molar-refractivity contribution in [2.45, 2.75) is 19.9 Å². The molecule has 0 saturated heterocycles. The third-order valence-electron chi connectivity index (χ3n) is 2.45. The molecule has 0 bridgehead atoms. The summed E-state index contributed by atoms with van der Waals surface area (Å²) >= 11 is 1.71. The Hall–Kier alpha value is -1.26. The minimum absolute atomic E-state index is 0.181. The van der Waals surface area contributed by atoms with E-state index in [-0.39, 0.29) is 5.82 Å². The first-order valence-corrected chi connectivity index (χ1v) is 6.42. The Morgan fingerprint density at radius 2 is 2.06 bits per heavy atom. The number of nitrogens with one attached hydrogen (secondary N) is 1. The van der Waals surface area contributed by atoms with Gasteiger partial charge in [-0.3, -0.25) is 0 Å². The highest BCUT2D eigenvalue weighted by molar-refractivity contribution is 7.11. The maximum absolute atomic E-state index is 12.7. The Labute approximate surface area is 105 Å². The standard InChI is InChI=1S/C13H15FN2S/c1-10-8-16-13(17-10)9-15-7-6-11-2-4-12(14)5-3-11/h2-5,8,15H,6-7,9H2,1H3. The maximum Gasteiger partial charge on any atom is 0.123 e. The summed E-state index contributed by atoms with van der Waals surface area (Å²) in [6.45, 7) is 3.74. The van der Waals surface area contributed by atoms with Crippen molar-refractivity contribution >= 4 is 11.3 Å². The number of thiazole rings is 1. The zero-order valence-corrected chi connectivity index (χ0v) is 10.6. The number of nitrogens with zero attached hydrogens (tertiary/aromatic N) is 1. The molecule has 0 aliphatic rings. The maximum atomic E-state index is 12.7. The topological polar surface area (TPSA) is 24.9 Å². The van der Waals surface area contributed by atoms with Gasteiger partial charge in [0.25, 0.3) is 0 Å². The largest absolute Gasteiger partial charge is 0.310 e. The van der Waals surface area contributed by atoms with Crippen LogP contribution in [0.5, 0.6) is 0 Å². The van der Waals surface area contributed by atoms with Crippen LogP contribution in [0.1, 0.15) is 15.4 Å². The van der Waals surface area contributed by atoms with Crippen molar-refractivity contribution in [1.29, 1.82) is 0 Å². The molecule has 0 saturated carbocycles. The average Bonchev–Trinajstić information content (AvgIpc) is 2.73. The van der Waals surface area contributed by atoms with Gasteiger partial charge >= 0.3 is 0 Å². The second-order valence-corrected chi connectivity index (χ2v) is 5.24. The molecule has 0 aliphatic carbocycles. The van der Waals surface area contributed by atoms with Crippen molar-refractivity contribution in [1.82, 2.24) is 10.3 Å². The van der Waals surface area contributed by atoms with E-state index in [0.29, 0.717) is 0 Å². The van der Waals surface area contributed by atoms with Gasteiger partial charge in [-0.1, -0.05) is 12.1 Å². The molecule has 1 aromatic carbocycles. The van der Waals surface area contributed by atoms with E-state index in [1.54, 1.807) is 11.3 Å². The van der Waals surface area contributed by atoms with Crippen LogP contribution in [-0.2, 0) is 13.0 Å². The summed E-state index contributed by atoms with van der Waals surface area (Å²) in [5.41, 5.74) is 1.15. The van der Waals surface area contributed by atoms with Gasteiger partial charge in [0.2, 0.25) is 0 Å². The lowest BCUT2D eigenvalue weighted by atomic mass is 10.1. The van der Waals surface area contributed by atoms with E-state index in [1.807, 2.05) is 18.3 Å². The minimum Gasteiger partial charge on any atom is -0.310 e. The number of hydrogen-bond acceptors (Lipinski definition) is 3. The highest BCUT2D eigenvalue weighted by Crippen LogP contribution is 2.10. The van der Waals surface area contributed by atoms with Crippen LogP contribution in [0.4, 0.5) is 4.39 Å². The van der Waals surface area contributed by atoms with Gasteiger partial charge in [0.15, 0.2) is 0 Å². The van der Waals surface area contributed by atoms with Gasteiger partial charge in [-0.05, 0) is 37.6 Å². The fourth-order valence-electron chi connectivity index (χ4n) is 1.56. The van der Waals surface area contributed by atoms with E-state index in [2.05, 4.69) is 17.2 Å². The van der Waals surface area contributed by atoms with Crippen LogP contribution in [0.3, 0.4) is 0 Å². The Bertz CT molecular complexity index is 465. The first kappa shape index (κ1) is 12.2. The van der Waals surface area contributed by atoms with Gasteiger partial charge in [-0.2, -0.15) is 0 Å². The Morgan fingerprint density at radius 1 is 1.29 bits per heavy atom. The van der Waals surface area contributed by atoms with Gasteiger partial charge in [0, 0.05) is 17.6 Å². The molecule has 0 radical (unpaired) electrons. The molecular formula is C13H15FN2S. The number of aromatic nitrogens is 1. The fraction of sp³-hybridized carbons (Fsp3) is 0.308. The van der Waals surface area contributed by atoms with Crippen molar-refractivity contribution < 1.29 is 4.39 Å². The van der Waals surface area contributed by atoms with E-state index in [0.717, 1.165) is 30.1 Å². The zero-order valence-electron chi connectivity index (χ0n) is 9.74. The Morgan fingerprint density at radius 3 is 2.71 bits per heavy atom. The highest BCUT2D eigenvalue weighted by atomic mass is 32.1. The molecule has 17 heavy (non-hydrogen) atoms. The summed E-state index contributed by atoms with van der Waals surface area (Å²) in [5.74, 6) is -0.181. The fourth-order valence-corrected chi connectivity index (χ4v) is 2.32. The second-order valence-electron chi connectivity index (χ2n) is 3.92. The number of benzene rings is 1. The van der Waals surface area contributed by atoms with E-state index in [1.165, 1.54) is 17.0 Å². The third-order valence-corrected chi connectivity index (χ3v) is 3.36. The Balaban J connectivity index is 1.71. The SMILES string of the molecule is Cc1cnc(CNCCc2ccc(F)cc2)s1. The molecule has 4 heteroatoms. The molecule has 0 aliphatic heterocycles. The molecule has 2 aromatic rings. The molecule has 0 spiro atoms. The van der Waals surface area contributed by atoms with E-state index in [4.69, 9.17) is 0 Å². The normalized spacial score (nSPS) is 10.7.